The summed E-state index contributed by atoms with van der Waals surface area (Å²) in [7, 11) is 0. The van der Waals surface area contributed by atoms with Crippen LogP contribution >= 0.6 is 11.8 Å². The van der Waals surface area contributed by atoms with Gasteiger partial charge in [-0.1, -0.05) is 30.8 Å². The van der Waals surface area contributed by atoms with E-state index in [1.165, 1.54) is 36.0 Å². The third-order valence-electron chi connectivity index (χ3n) is 4.25. The quantitative estimate of drug-likeness (QED) is 0.215. The van der Waals surface area contributed by atoms with Gasteiger partial charge in [-0.2, -0.15) is 0 Å². The average Bonchev–Trinajstić information content (AvgIpc) is 3.11. The number of non-ortho nitro benzene ring substituents is 1. The Morgan fingerprint density at radius 1 is 1.17 bits per heavy atom. The Hall–Kier alpha value is -3.46. The lowest BCUT2D eigenvalue weighted by molar-refractivity contribution is -0.384. The number of rotatable bonds is 6. The first-order valence-electron chi connectivity index (χ1n) is 8.90. The zero-order valence-corrected chi connectivity index (χ0v) is 16.2. The van der Waals surface area contributed by atoms with E-state index in [0.717, 1.165) is 16.5 Å². The molecule has 29 heavy (non-hydrogen) atoms. The number of hydrogen-bond donors (Lipinski definition) is 1. The van der Waals surface area contributed by atoms with E-state index in [9.17, 15) is 14.9 Å². The molecular weight excluding hydrogens is 392 g/mol. The van der Waals surface area contributed by atoms with Gasteiger partial charge < -0.3 is 9.73 Å². The molecule has 0 bridgehead atoms. The predicted molar refractivity (Wildman–Crippen MR) is 111 cm³/mol. The number of benzene rings is 2. The number of nitro groups is 1. The van der Waals surface area contributed by atoms with Gasteiger partial charge in [-0.15, -0.1) is 0 Å². The van der Waals surface area contributed by atoms with Crippen LogP contribution in [0.1, 0.15) is 12.7 Å². The monoisotopic (exact) mass is 408 g/mol. The molecule has 2 aromatic carbocycles. The Morgan fingerprint density at radius 2 is 1.93 bits per heavy atom. The number of aromatic nitrogens is 2. The minimum atomic E-state index is -0.486. The maximum Gasteiger partial charge on any atom is 0.269 e. The van der Waals surface area contributed by atoms with Crippen molar-refractivity contribution in [3.63, 3.8) is 0 Å². The molecule has 9 heteroatoms. The Kier molecular flexibility index (Phi) is 5.13. The summed E-state index contributed by atoms with van der Waals surface area (Å²) in [6, 6.07) is 13.3. The Balaban J connectivity index is 1.54. The van der Waals surface area contributed by atoms with E-state index in [1.807, 2.05) is 31.2 Å². The molecule has 8 nitrogen and oxygen atoms in total. The average molecular weight is 408 g/mol. The summed E-state index contributed by atoms with van der Waals surface area (Å²) in [5, 5.41) is 15.0. The Morgan fingerprint density at radius 3 is 2.66 bits per heavy atom. The molecule has 0 atom stereocenters. The second-order valence-corrected chi connectivity index (χ2v) is 7.18. The van der Waals surface area contributed by atoms with Crippen LogP contribution in [0.3, 0.4) is 0 Å². The van der Waals surface area contributed by atoms with E-state index in [2.05, 4.69) is 15.3 Å². The number of carbonyl (C=O) groups excluding carboxylic acids is 1. The van der Waals surface area contributed by atoms with Gasteiger partial charge in [0.25, 0.3) is 5.69 Å². The number of furan rings is 1. The molecule has 146 valence electrons. The van der Waals surface area contributed by atoms with E-state index in [0.29, 0.717) is 28.5 Å². The number of aryl methyl sites for hydroxylation is 1. The third kappa shape index (κ3) is 3.90. The van der Waals surface area contributed by atoms with E-state index in [4.69, 9.17) is 4.42 Å². The summed E-state index contributed by atoms with van der Waals surface area (Å²) in [5.74, 6) is 0.552. The normalized spacial score (nSPS) is 11.1. The number of nitro benzene ring substituents is 1. The van der Waals surface area contributed by atoms with Gasteiger partial charge in [-0.25, -0.2) is 9.97 Å². The second-order valence-electron chi connectivity index (χ2n) is 6.22. The highest BCUT2D eigenvalue weighted by Crippen LogP contribution is 2.33. The number of carbonyl (C=O) groups is 1. The third-order valence-corrected chi connectivity index (χ3v) is 5.21. The van der Waals surface area contributed by atoms with E-state index >= 15 is 0 Å². The fraction of sp³-hybridized carbons (Fsp3) is 0.150. The molecule has 1 N–H and O–H groups in total. The van der Waals surface area contributed by atoms with Crippen molar-refractivity contribution in [3.05, 3.63) is 64.5 Å². The van der Waals surface area contributed by atoms with Crippen LogP contribution in [0.2, 0.25) is 0 Å². The van der Waals surface area contributed by atoms with Crippen LogP contribution < -0.4 is 5.32 Å². The van der Waals surface area contributed by atoms with Gasteiger partial charge in [-0.05, 0) is 24.3 Å². The Labute approximate surface area is 169 Å². The molecule has 0 aliphatic rings. The van der Waals surface area contributed by atoms with Crippen molar-refractivity contribution in [1.29, 1.82) is 0 Å². The zero-order chi connectivity index (χ0) is 20.4. The fourth-order valence-electron chi connectivity index (χ4n) is 2.86. The van der Waals surface area contributed by atoms with Crippen molar-refractivity contribution in [2.45, 2.75) is 18.4 Å². The van der Waals surface area contributed by atoms with Gasteiger partial charge in [-0.3, -0.25) is 14.9 Å². The zero-order valence-electron chi connectivity index (χ0n) is 15.4. The molecule has 0 aliphatic heterocycles. The first kappa shape index (κ1) is 18.9. The predicted octanol–water partition coefficient (Wildman–Crippen LogP) is 4.58. The lowest BCUT2D eigenvalue weighted by Gasteiger charge is -2.06. The molecular formula is C20H16N4O4S. The molecule has 0 spiro atoms. The van der Waals surface area contributed by atoms with Crippen molar-refractivity contribution in [3.8, 4) is 0 Å². The maximum atomic E-state index is 12.3. The topological polar surface area (TPSA) is 111 Å². The molecule has 0 saturated carbocycles. The van der Waals surface area contributed by atoms with Crippen LogP contribution in [-0.2, 0) is 11.2 Å². The first-order chi connectivity index (χ1) is 14.0. The standard InChI is InChI=1S/C20H16N4O4S/c1-2-16-22-18-14-5-3-4-6-15(14)28-19(18)20(23-16)29-11-17(25)21-12-7-9-13(10-8-12)24(26)27/h3-10H,2,11H2,1H3,(H,21,25). The van der Waals surface area contributed by atoms with E-state index < -0.39 is 4.92 Å². The minimum Gasteiger partial charge on any atom is -0.451 e. The van der Waals surface area contributed by atoms with Crippen molar-refractivity contribution >= 4 is 51.1 Å². The number of nitrogens with zero attached hydrogens (tertiary/aromatic N) is 3. The van der Waals surface area contributed by atoms with Crippen molar-refractivity contribution < 1.29 is 14.1 Å². The summed E-state index contributed by atoms with van der Waals surface area (Å²) in [6.07, 6.45) is 0.665. The van der Waals surface area contributed by atoms with Gasteiger partial charge in [0.05, 0.1) is 10.7 Å². The highest BCUT2D eigenvalue weighted by Gasteiger charge is 2.17. The number of amides is 1. The highest BCUT2D eigenvalue weighted by atomic mass is 32.2. The van der Waals surface area contributed by atoms with Crippen LogP contribution in [0.4, 0.5) is 11.4 Å². The van der Waals surface area contributed by atoms with Gasteiger partial charge >= 0.3 is 0 Å². The highest BCUT2D eigenvalue weighted by molar-refractivity contribution is 8.00. The smallest absolute Gasteiger partial charge is 0.269 e. The Bertz CT molecular complexity index is 1220. The summed E-state index contributed by atoms with van der Waals surface area (Å²) < 4.78 is 5.93. The fourth-order valence-corrected chi connectivity index (χ4v) is 3.64. The summed E-state index contributed by atoms with van der Waals surface area (Å²) in [4.78, 5) is 31.7. The van der Waals surface area contributed by atoms with Crippen molar-refractivity contribution in [1.82, 2.24) is 9.97 Å². The van der Waals surface area contributed by atoms with Crippen molar-refractivity contribution in [2.24, 2.45) is 0 Å². The molecule has 0 aliphatic carbocycles. The van der Waals surface area contributed by atoms with Crippen LogP contribution in [0, 0.1) is 10.1 Å². The molecule has 4 rings (SSSR count). The number of anilines is 1. The summed E-state index contributed by atoms with van der Waals surface area (Å²) in [6.45, 7) is 1.97. The van der Waals surface area contributed by atoms with Crippen LogP contribution in [0.25, 0.3) is 22.1 Å². The van der Waals surface area contributed by atoms with Crippen LogP contribution in [-0.4, -0.2) is 26.6 Å². The number of para-hydroxylation sites is 1. The number of hydrogen-bond acceptors (Lipinski definition) is 7. The lowest BCUT2D eigenvalue weighted by atomic mass is 10.2. The maximum absolute atomic E-state index is 12.3. The number of nitrogens with one attached hydrogen (secondary N) is 1. The SMILES string of the molecule is CCc1nc(SCC(=O)Nc2ccc([N+](=O)[O-])cc2)c2oc3ccccc3c2n1. The molecule has 0 radical (unpaired) electrons. The summed E-state index contributed by atoms with van der Waals surface area (Å²) in [5.41, 5.74) is 2.49. The number of thioether (sulfide) groups is 1. The largest absolute Gasteiger partial charge is 0.451 e. The molecule has 0 unspecified atom stereocenters. The molecule has 4 aromatic rings. The lowest BCUT2D eigenvalue weighted by Crippen LogP contribution is -2.14. The van der Waals surface area contributed by atoms with Gasteiger partial charge in [0.1, 0.15) is 22.0 Å². The molecule has 0 fully saturated rings. The van der Waals surface area contributed by atoms with Crippen LogP contribution in [0.5, 0.6) is 0 Å². The van der Waals surface area contributed by atoms with Gasteiger partial charge in [0.15, 0.2) is 5.58 Å². The minimum absolute atomic E-state index is 0.0299. The molecule has 1 amide bonds. The van der Waals surface area contributed by atoms with E-state index in [1.54, 1.807) is 0 Å². The molecule has 0 saturated heterocycles. The molecule has 2 heterocycles. The molecule has 2 aromatic heterocycles. The first-order valence-corrected chi connectivity index (χ1v) is 9.89. The number of fused-ring (bicyclic) bond motifs is 3. The van der Waals surface area contributed by atoms with Crippen molar-refractivity contribution in [2.75, 3.05) is 11.1 Å². The van der Waals surface area contributed by atoms with Crippen LogP contribution in [0.15, 0.2) is 58.0 Å². The van der Waals surface area contributed by atoms with Gasteiger partial charge in [0.2, 0.25) is 5.91 Å². The van der Waals surface area contributed by atoms with Gasteiger partial charge in [0, 0.05) is 29.6 Å². The second kappa shape index (κ2) is 7.88. The summed E-state index contributed by atoms with van der Waals surface area (Å²) >= 11 is 1.26. The van der Waals surface area contributed by atoms with E-state index in [-0.39, 0.29) is 17.3 Å².